The summed E-state index contributed by atoms with van der Waals surface area (Å²) in [5, 5.41) is 7.64. The lowest BCUT2D eigenvalue weighted by Gasteiger charge is -2.49. The summed E-state index contributed by atoms with van der Waals surface area (Å²) in [6.45, 7) is 0. The molecule has 0 saturated carbocycles. The molecule has 39 heavy (non-hydrogen) atoms. The Bertz CT molecular complexity index is 1650. The number of carbonyl (C=O) groups excluding carboxylic acids is 1. The average molecular weight is 615 g/mol. The number of ether oxygens (including phenoxy) is 1. The third-order valence-electron chi connectivity index (χ3n) is 7.10. The van der Waals surface area contributed by atoms with Crippen molar-refractivity contribution < 1.29 is 9.53 Å². The van der Waals surface area contributed by atoms with Crippen LogP contribution in [0.25, 0.3) is 6.08 Å². The Kier molecular flexibility index (Phi) is 6.03. The predicted octanol–water partition coefficient (Wildman–Crippen LogP) is 8.71. The van der Waals surface area contributed by atoms with E-state index in [-0.39, 0.29) is 11.3 Å². The van der Waals surface area contributed by atoms with E-state index in [0.717, 1.165) is 37.5 Å². The molecular weight excluding hydrogens is 594 g/mol. The third-order valence-corrected chi connectivity index (χ3v) is 8.82. The van der Waals surface area contributed by atoms with E-state index >= 15 is 0 Å². The molecule has 8 heteroatoms. The van der Waals surface area contributed by atoms with Crippen molar-refractivity contribution in [3.05, 3.63) is 134 Å². The topological polar surface area (TPSA) is 45.1 Å². The molecule has 0 N–H and O–H groups in total. The van der Waals surface area contributed by atoms with Crippen LogP contribution in [0.15, 0.2) is 118 Å². The molecule has 0 radical (unpaired) electrons. The molecule has 4 aromatic carbocycles. The summed E-state index contributed by atoms with van der Waals surface area (Å²) in [5.74, 6) is -0.638. The highest BCUT2D eigenvalue weighted by atomic mass is 79.9. The van der Waals surface area contributed by atoms with Crippen LogP contribution in [0.5, 0.6) is 5.75 Å². The first-order valence-corrected chi connectivity index (χ1v) is 14.5. The second kappa shape index (κ2) is 9.59. The van der Waals surface area contributed by atoms with Crippen LogP contribution >= 0.6 is 39.3 Å². The number of nitrogens with zero attached hydrogens (tertiary/aromatic N) is 3. The van der Waals surface area contributed by atoms with E-state index in [2.05, 4.69) is 28.1 Å². The summed E-state index contributed by atoms with van der Waals surface area (Å²) in [7, 11) is 0. The van der Waals surface area contributed by atoms with E-state index in [1.54, 1.807) is 4.90 Å². The van der Waals surface area contributed by atoms with Gasteiger partial charge in [0.1, 0.15) is 5.75 Å². The molecule has 0 aromatic heterocycles. The van der Waals surface area contributed by atoms with Gasteiger partial charge in [0.15, 0.2) is 0 Å². The first kappa shape index (κ1) is 24.5. The monoisotopic (exact) mass is 613 g/mol. The Morgan fingerprint density at radius 1 is 0.974 bits per heavy atom. The highest BCUT2D eigenvalue weighted by molar-refractivity contribution is 9.10. The van der Waals surface area contributed by atoms with E-state index in [0.29, 0.717) is 17.2 Å². The van der Waals surface area contributed by atoms with Gasteiger partial charge >= 0.3 is 5.85 Å². The van der Waals surface area contributed by atoms with E-state index < -0.39 is 5.85 Å². The Morgan fingerprint density at radius 2 is 1.69 bits per heavy atom. The second-order valence-electron chi connectivity index (χ2n) is 9.47. The fourth-order valence-electron chi connectivity index (χ4n) is 5.35. The van der Waals surface area contributed by atoms with Gasteiger partial charge in [-0.25, -0.2) is 9.91 Å². The van der Waals surface area contributed by atoms with E-state index in [1.807, 2.05) is 102 Å². The highest BCUT2D eigenvalue weighted by Gasteiger charge is 2.63. The third kappa shape index (κ3) is 4.07. The maximum atomic E-state index is 13.9. The van der Waals surface area contributed by atoms with Crippen molar-refractivity contribution in [1.82, 2.24) is 5.01 Å². The molecule has 3 aliphatic heterocycles. The first-order valence-electron chi connectivity index (χ1n) is 12.5. The lowest BCUT2D eigenvalue weighted by Crippen LogP contribution is -2.63. The average Bonchev–Trinajstić information content (AvgIpc) is 3.52. The molecule has 1 saturated heterocycles. The van der Waals surface area contributed by atoms with Gasteiger partial charge < -0.3 is 4.74 Å². The summed E-state index contributed by atoms with van der Waals surface area (Å²) in [4.78, 5) is 16.3. The molecular formula is C31H21BrClN3O2S. The minimum atomic E-state index is -1.32. The van der Waals surface area contributed by atoms with E-state index in [1.165, 1.54) is 11.8 Å². The van der Waals surface area contributed by atoms with Crippen LogP contribution in [0.3, 0.4) is 0 Å². The number of para-hydroxylation sites is 1. The maximum absolute atomic E-state index is 13.9. The second-order valence-corrected chi connectivity index (χ2v) is 11.8. The van der Waals surface area contributed by atoms with Crippen LogP contribution in [-0.4, -0.2) is 21.8 Å². The molecule has 4 aromatic rings. The molecule has 192 valence electrons. The first-order chi connectivity index (χ1) is 19.0. The van der Waals surface area contributed by atoms with Crippen molar-refractivity contribution in [2.75, 3.05) is 4.90 Å². The smallest absolute Gasteiger partial charge is 0.321 e. The van der Waals surface area contributed by atoms with Gasteiger partial charge in [0.05, 0.1) is 22.3 Å². The van der Waals surface area contributed by atoms with Gasteiger partial charge in [-0.1, -0.05) is 88.2 Å². The Morgan fingerprint density at radius 3 is 2.44 bits per heavy atom. The number of thioether (sulfide) groups is 1. The highest BCUT2D eigenvalue weighted by Crippen LogP contribution is 2.57. The van der Waals surface area contributed by atoms with Crippen LogP contribution in [0.4, 0.5) is 10.5 Å². The van der Waals surface area contributed by atoms with Crippen molar-refractivity contribution in [2.24, 2.45) is 5.10 Å². The van der Waals surface area contributed by atoms with E-state index in [4.69, 9.17) is 21.4 Å². The molecule has 7 rings (SSSR count). The molecule has 0 aliphatic carbocycles. The maximum Gasteiger partial charge on any atom is 0.321 e. The van der Waals surface area contributed by atoms with Crippen molar-refractivity contribution in [3.63, 3.8) is 0 Å². The van der Waals surface area contributed by atoms with Crippen LogP contribution < -0.4 is 9.64 Å². The van der Waals surface area contributed by atoms with Crippen LogP contribution in [-0.2, 0) is 0 Å². The minimum Gasteiger partial charge on any atom is -0.443 e. The molecule has 2 unspecified atom stereocenters. The Hall–Kier alpha value is -3.52. The van der Waals surface area contributed by atoms with Gasteiger partial charge in [0, 0.05) is 21.5 Å². The molecule has 3 aliphatic rings. The van der Waals surface area contributed by atoms with Gasteiger partial charge in [-0.15, -0.1) is 0 Å². The number of hydrogen-bond acceptors (Lipinski definition) is 5. The summed E-state index contributed by atoms with van der Waals surface area (Å²) in [6.07, 6.45) is 2.67. The number of amides is 1. The Balaban J connectivity index is 1.49. The fourth-order valence-corrected chi connectivity index (χ4v) is 6.86. The zero-order valence-electron chi connectivity index (χ0n) is 20.5. The van der Waals surface area contributed by atoms with Crippen LogP contribution in [0.2, 0.25) is 5.02 Å². The molecule has 5 nitrogen and oxygen atoms in total. The number of benzene rings is 4. The molecule has 0 bridgehead atoms. The molecule has 1 amide bonds. The number of hydrogen-bond donors (Lipinski definition) is 0. The number of rotatable bonds is 3. The molecule has 1 fully saturated rings. The number of carbonyl (C=O) groups is 1. The largest absolute Gasteiger partial charge is 0.443 e. The Labute approximate surface area is 243 Å². The minimum absolute atomic E-state index is 0.135. The molecule has 2 atom stereocenters. The number of halogens is 2. The molecule has 1 spiro atoms. The summed E-state index contributed by atoms with van der Waals surface area (Å²) < 4.78 is 7.93. The van der Waals surface area contributed by atoms with Gasteiger partial charge in [-0.05, 0) is 71.4 Å². The normalized spacial score (nSPS) is 22.6. The van der Waals surface area contributed by atoms with Crippen LogP contribution in [0.1, 0.15) is 29.2 Å². The van der Waals surface area contributed by atoms with Gasteiger partial charge in [-0.2, -0.15) is 5.10 Å². The van der Waals surface area contributed by atoms with Crippen molar-refractivity contribution in [2.45, 2.75) is 18.3 Å². The summed E-state index contributed by atoms with van der Waals surface area (Å²) >= 11 is 11.2. The quantitative estimate of drug-likeness (QED) is 0.232. The molecule has 3 heterocycles. The standard InChI is InChI=1S/C31H21BrClN3O2S/c32-22-13-11-20(12-14-22)17-29-31(35(30(37)39-29)24-9-5-2-6-10-24)36-27(25-18-23(33)15-16-28(25)38-31)19-26(34-36)21-7-3-1-4-8-21/h1-18,27H,19H2/b29-17-. The summed E-state index contributed by atoms with van der Waals surface area (Å²) in [6, 6.07) is 33.2. The lowest BCUT2D eigenvalue weighted by atomic mass is 9.95. The van der Waals surface area contributed by atoms with Crippen molar-refractivity contribution in [3.8, 4) is 5.75 Å². The van der Waals surface area contributed by atoms with Crippen molar-refractivity contribution in [1.29, 1.82) is 0 Å². The summed E-state index contributed by atoms with van der Waals surface area (Å²) in [5.41, 5.74) is 4.59. The fraction of sp³-hybridized carbons (Fsp3) is 0.0968. The van der Waals surface area contributed by atoms with Crippen LogP contribution in [0, 0.1) is 0 Å². The SMILES string of the molecule is O=C1S/C(=C\c2ccc(Br)cc2)C2(Oc3ccc(Cl)cc3C3CC(c4ccccc4)=NN32)N1c1ccccc1. The van der Waals surface area contributed by atoms with Gasteiger partial charge in [0.25, 0.3) is 5.24 Å². The predicted molar refractivity (Wildman–Crippen MR) is 161 cm³/mol. The van der Waals surface area contributed by atoms with Gasteiger partial charge in [-0.3, -0.25) is 4.79 Å². The zero-order valence-corrected chi connectivity index (χ0v) is 23.7. The number of fused-ring (bicyclic) bond motifs is 4. The zero-order chi connectivity index (χ0) is 26.6. The van der Waals surface area contributed by atoms with Gasteiger partial charge in [0.2, 0.25) is 0 Å². The lowest BCUT2D eigenvalue weighted by molar-refractivity contribution is -0.0763. The number of hydrazone groups is 1. The number of anilines is 1. The van der Waals surface area contributed by atoms with Crippen molar-refractivity contribution >= 4 is 62.0 Å². The van der Waals surface area contributed by atoms with E-state index in [9.17, 15) is 4.79 Å².